The average Bonchev–Trinajstić information content (AvgIpc) is 3.05. The summed E-state index contributed by atoms with van der Waals surface area (Å²) in [6, 6.07) is 16.3. The maximum absolute atomic E-state index is 13.1. The molecule has 0 aliphatic carbocycles. The maximum atomic E-state index is 13.1. The zero-order valence-corrected chi connectivity index (χ0v) is 15.5. The van der Waals surface area contributed by atoms with Gasteiger partial charge in [0.25, 0.3) is 5.89 Å². The highest BCUT2D eigenvalue weighted by Gasteiger charge is 2.22. The van der Waals surface area contributed by atoms with E-state index in [4.69, 9.17) is 4.42 Å². The minimum Gasteiger partial charge on any atom is -0.437 e. The van der Waals surface area contributed by atoms with Gasteiger partial charge in [-0.1, -0.05) is 42.5 Å². The molecule has 1 amide bonds. The van der Waals surface area contributed by atoms with Crippen molar-refractivity contribution in [1.29, 1.82) is 0 Å². The van der Waals surface area contributed by atoms with Gasteiger partial charge in [-0.15, -0.1) is 0 Å². The molecule has 0 radical (unpaired) electrons. The Kier molecular flexibility index (Phi) is 5.48. The predicted molar refractivity (Wildman–Crippen MR) is 103 cm³/mol. The van der Waals surface area contributed by atoms with Crippen molar-refractivity contribution >= 4 is 5.91 Å². The van der Waals surface area contributed by atoms with Gasteiger partial charge in [0.05, 0.1) is 5.69 Å². The van der Waals surface area contributed by atoms with E-state index in [0.29, 0.717) is 13.0 Å². The Bertz CT molecular complexity index is 913. The summed E-state index contributed by atoms with van der Waals surface area (Å²) >= 11 is 0. The van der Waals surface area contributed by atoms with E-state index in [-0.39, 0.29) is 17.6 Å². The molecule has 2 aromatic carbocycles. The monoisotopic (exact) mass is 379 g/mol. The van der Waals surface area contributed by atoms with Gasteiger partial charge in [-0.3, -0.25) is 9.69 Å². The highest BCUT2D eigenvalue weighted by molar-refractivity contribution is 5.89. The lowest BCUT2D eigenvalue weighted by atomic mass is 10.2. The molecule has 0 saturated heterocycles. The summed E-state index contributed by atoms with van der Waals surface area (Å²) in [4.78, 5) is 19.1. The smallest absolute Gasteiger partial charge is 0.307 e. The lowest BCUT2D eigenvalue weighted by Gasteiger charge is -2.19. The van der Waals surface area contributed by atoms with E-state index < -0.39 is 0 Å². The molecule has 4 rings (SSSR count). The summed E-state index contributed by atoms with van der Waals surface area (Å²) < 4.78 is 18.8. The van der Waals surface area contributed by atoms with Crippen molar-refractivity contribution < 1.29 is 13.6 Å². The van der Waals surface area contributed by atoms with E-state index in [2.05, 4.69) is 15.2 Å². The van der Waals surface area contributed by atoms with Crippen LogP contribution in [0.25, 0.3) is 0 Å². The molecular formula is C22H22FN3O2. The lowest BCUT2D eigenvalue weighted by molar-refractivity contribution is 0.0914. The largest absolute Gasteiger partial charge is 0.437 e. The Labute approximate surface area is 163 Å². The maximum Gasteiger partial charge on any atom is 0.307 e. The number of rotatable bonds is 5. The number of benzene rings is 2. The van der Waals surface area contributed by atoms with Crippen LogP contribution in [-0.2, 0) is 25.9 Å². The molecule has 5 nitrogen and oxygen atoms in total. The van der Waals surface area contributed by atoms with Gasteiger partial charge in [0, 0.05) is 39.0 Å². The third-order valence-electron chi connectivity index (χ3n) is 4.91. The Morgan fingerprint density at radius 2 is 1.79 bits per heavy atom. The summed E-state index contributed by atoms with van der Waals surface area (Å²) in [5.74, 6) is 0.403. The molecule has 0 atom stereocenters. The van der Waals surface area contributed by atoms with Gasteiger partial charge in [-0.05, 0) is 23.3 Å². The number of hydrogen-bond acceptors (Lipinski definition) is 4. The van der Waals surface area contributed by atoms with E-state index in [1.807, 2.05) is 42.5 Å². The van der Waals surface area contributed by atoms with Crippen molar-refractivity contribution in [1.82, 2.24) is 15.2 Å². The molecule has 1 N–H and O–H groups in total. The molecule has 28 heavy (non-hydrogen) atoms. The van der Waals surface area contributed by atoms with Crippen molar-refractivity contribution in [3.8, 4) is 0 Å². The SMILES string of the molecule is O=C(NCc1ccccc1)c1nc2c(o1)CCN(Cc1ccc(F)cc1)CC2. The molecule has 1 aromatic heterocycles. The van der Waals surface area contributed by atoms with Crippen LogP contribution in [0.3, 0.4) is 0 Å². The van der Waals surface area contributed by atoms with Gasteiger partial charge in [-0.25, -0.2) is 9.37 Å². The molecule has 0 saturated carbocycles. The molecule has 0 bridgehead atoms. The fourth-order valence-corrected chi connectivity index (χ4v) is 3.37. The van der Waals surface area contributed by atoms with E-state index in [9.17, 15) is 9.18 Å². The van der Waals surface area contributed by atoms with Crippen LogP contribution in [0.1, 0.15) is 33.3 Å². The molecular weight excluding hydrogens is 357 g/mol. The van der Waals surface area contributed by atoms with Crippen molar-refractivity contribution in [3.05, 3.63) is 88.9 Å². The first-order chi connectivity index (χ1) is 13.7. The second-order valence-corrected chi connectivity index (χ2v) is 6.96. The molecule has 3 aromatic rings. The molecule has 0 unspecified atom stereocenters. The first-order valence-corrected chi connectivity index (χ1v) is 9.45. The number of halogens is 1. The van der Waals surface area contributed by atoms with Crippen molar-refractivity contribution in [3.63, 3.8) is 0 Å². The normalized spacial score (nSPS) is 14.3. The number of carbonyl (C=O) groups is 1. The molecule has 2 heterocycles. The van der Waals surface area contributed by atoms with Gasteiger partial charge in [0.2, 0.25) is 0 Å². The Morgan fingerprint density at radius 1 is 1.04 bits per heavy atom. The Hall–Kier alpha value is -2.99. The lowest BCUT2D eigenvalue weighted by Crippen LogP contribution is -2.26. The van der Waals surface area contributed by atoms with Gasteiger partial charge in [-0.2, -0.15) is 0 Å². The highest BCUT2D eigenvalue weighted by Crippen LogP contribution is 2.19. The predicted octanol–water partition coefficient (Wildman–Crippen LogP) is 3.34. The quantitative estimate of drug-likeness (QED) is 0.739. The minimum absolute atomic E-state index is 0.132. The molecule has 1 aliphatic rings. The van der Waals surface area contributed by atoms with Gasteiger partial charge < -0.3 is 9.73 Å². The molecule has 0 fully saturated rings. The second kappa shape index (κ2) is 8.35. The summed E-state index contributed by atoms with van der Waals surface area (Å²) in [6.07, 6.45) is 1.43. The Balaban J connectivity index is 1.34. The van der Waals surface area contributed by atoms with E-state index >= 15 is 0 Å². The summed E-state index contributed by atoms with van der Waals surface area (Å²) in [6.45, 7) is 2.83. The molecule has 1 aliphatic heterocycles. The minimum atomic E-state index is -0.292. The first-order valence-electron chi connectivity index (χ1n) is 9.45. The number of fused-ring (bicyclic) bond motifs is 1. The van der Waals surface area contributed by atoms with Crippen LogP contribution >= 0.6 is 0 Å². The van der Waals surface area contributed by atoms with Crippen LogP contribution in [0, 0.1) is 5.82 Å². The van der Waals surface area contributed by atoms with E-state index in [0.717, 1.165) is 48.6 Å². The van der Waals surface area contributed by atoms with Crippen molar-refractivity contribution in [2.75, 3.05) is 13.1 Å². The fraction of sp³-hybridized carbons (Fsp3) is 0.273. The number of nitrogens with zero attached hydrogens (tertiary/aromatic N) is 2. The van der Waals surface area contributed by atoms with E-state index in [1.54, 1.807) is 0 Å². The highest BCUT2D eigenvalue weighted by atomic mass is 19.1. The molecule has 6 heteroatoms. The second-order valence-electron chi connectivity index (χ2n) is 6.96. The van der Waals surface area contributed by atoms with Crippen LogP contribution in [0.4, 0.5) is 4.39 Å². The van der Waals surface area contributed by atoms with Gasteiger partial charge >= 0.3 is 5.91 Å². The fourth-order valence-electron chi connectivity index (χ4n) is 3.37. The van der Waals surface area contributed by atoms with E-state index in [1.165, 1.54) is 12.1 Å². The van der Waals surface area contributed by atoms with Gasteiger partial charge in [0.15, 0.2) is 0 Å². The van der Waals surface area contributed by atoms with Crippen LogP contribution in [-0.4, -0.2) is 28.9 Å². The van der Waals surface area contributed by atoms with Crippen molar-refractivity contribution in [2.45, 2.75) is 25.9 Å². The first kappa shape index (κ1) is 18.4. The van der Waals surface area contributed by atoms with Crippen LogP contribution < -0.4 is 5.32 Å². The topological polar surface area (TPSA) is 58.4 Å². The number of oxazole rings is 1. The summed E-state index contributed by atoms with van der Waals surface area (Å²) in [5, 5.41) is 2.85. The number of aromatic nitrogens is 1. The van der Waals surface area contributed by atoms with Crippen LogP contribution in [0.5, 0.6) is 0 Å². The standard InChI is InChI=1S/C22H22FN3O2/c23-18-8-6-17(7-9-18)15-26-12-10-19-20(11-13-26)28-22(25-19)21(27)24-14-16-4-2-1-3-5-16/h1-9H,10-15H2,(H,24,27). The molecule has 144 valence electrons. The number of carbonyl (C=O) groups excluding carboxylic acids is 1. The summed E-state index contributed by atoms with van der Waals surface area (Å²) in [5.41, 5.74) is 2.96. The van der Waals surface area contributed by atoms with Crippen molar-refractivity contribution in [2.24, 2.45) is 0 Å². The average molecular weight is 379 g/mol. The third kappa shape index (κ3) is 4.46. The molecule has 0 spiro atoms. The van der Waals surface area contributed by atoms with Crippen LogP contribution in [0.2, 0.25) is 0 Å². The number of hydrogen-bond donors (Lipinski definition) is 1. The van der Waals surface area contributed by atoms with Gasteiger partial charge in [0.1, 0.15) is 11.6 Å². The number of nitrogens with one attached hydrogen (secondary N) is 1. The zero-order valence-electron chi connectivity index (χ0n) is 15.5. The Morgan fingerprint density at radius 3 is 2.57 bits per heavy atom. The summed E-state index contributed by atoms with van der Waals surface area (Å²) in [7, 11) is 0. The number of amides is 1. The third-order valence-corrected chi connectivity index (χ3v) is 4.91. The van der Waals surface area contributed by atoms with Crippen LogP contribution in [0.15, 0.2) is 59.0 Å². The zero-order chi connectivity index (χ0) is 19.3.